The van der Waals surface area contributed by atoms with Crippen molar-refractivity contribution in [2.24, 2.45) is 0 Å². The minimum atomic E-state index is -3.89. The molecule has 0 unspecified atom stereocenters. The van der Waals surface area contributed by atoms with E-state index < -0.39 is 21.7 Å². The van der Waals surface area contributed by atoms with E-state index >= 15 is 0 Å². The van der Waals surface area contributed by atoms with Gasteiger partial charge in [0.05, 0.1) is 11.2 Å². The van der Waals surface area contributed by atoms with Crippen LogP contribution in [0.4, 0.5) is 20.2 Å². The van der Waals surface area contributed by atoms with Crippen LogP contribution in [-0.4, -0.2) is 24.4 Å². The van der Waals surface area contributed by atoms with E-state index in [2.05, 4.69) is 15.6 Å². The predicted molar refractivity (Wildman–Crippen MR) is 118 cm³/mol. The molecule has 4 aromatic rings. The number of hydrogen-bond donors (Lipinski definition) is 2. The molecule has 162 valence electrons. The van der Waals surface area contributed by atoms with Crippen LogP contribution >= 0.6 is 12.4 Å². The van der Waals surface area contributed by atoms with Crippen molar-refractivity contribution in [3.63, 3.8) is 0 Å². The molecule has 0 aliphatic carbocycles. The first kappa shape index (κ1) is 22.7. The van der Waals surface area contributed by atoms with Gasteiger partial charge in [-0.15, -0.1) is 12.4 Å². The first-order valence-corrected chi connectivity index (χ1v) is 10.5. The quantitative estimate of drug-likeness (QED) is 0.441. The second kappa shape index (κ2) is 9.01. The summed E-state index contributed by atoms with van der Waals surface area (Å²) in [6.07, 6.45) is 4.35. The van der Waals surface area contributed by atoms with Crippen LogP contribution in [0, 0.1) is 11.6 Å². The highest BCUT2D eigenvalue weighted by molar-refractivity contribution is 7.90. The molecule has 0 aliphatic heterocycles. The van der Waals surface area contributed by atoms with E-state index in [-0.39, 0.29) is 23.0 Å². The first-order valence-electron chi connectivity index (χ1n) is 9.06. The molecule has 2 aromatic carbocycles. The summed E-state index contributed by atoms with van der Waals surface area (Å²) in [7, 11) is -2.12. The molecule has 0 bridgehead atoms. The third-order valence-corrected chi connectivity index (χ3v) is 6.28. The Labute approximate surface area is 184 Å². The molecule has 4 rings (SSSR count). The second-order valence-corrected chi connectivity index (χ2v) is 8.47. The zero-order valence-corrected chi connectivity index (χ0v) is 18.0. The zero-order chi connectivity index (χ0) is 21.3. The van der Waals surface area contributed by atoms with Crippen LogP contribution < -0.4 is 10.6 Å². The highest BCUT2D eigenvalue weighted by Gasteiger charge is 2.21. The molecule has 0 radical (unpaired) electrons. The molecule has 0 atom stereocenters. The van der Waals surface area contributed by atoms with Crippen LogP contribution in [0.1, 0.15) is 5.56 Å². The van der Waals surface area contributed by atoms with Gasteiger partial charge in [-0.2, -0.15) is 0 Å². The maximum Gasteiger partial charge on any atom is 0.269 e. The molecule has 0 fully saturated rings. The Bertz CT molecular complexity index is 1330. The largest absolute Gasteiger partial charge is 0.353 e. The molecule has 31 heavy (non-hydrogen) atoms. The number of fused-ring (bicyclic) bond motifs is 1. The van der Waals surface area contributed by atoms with E-state index in [0.29, 0.717) is 17.7 Å². The summed E-state index contributed by atoms with van der Waals surface area (Å²) in [5.74, 6) is -1.43. The lowest BCUT2D eigenvalue weighted by Crippen LogP contribution is -2.12. The summed E-state index contributed by atoms with van der Waals surface area (Å²) in [5, 5.41) is 6.64. The molecule has 2 aromatic heterocycles. The third kappa shape index (κ3) is 4.39. The summed E-state index contributed by atoms with van der Waals surface area (Å²) in [6.45, 7) is 0.464. The van der Waals surface area contributed by atoms with Gasteiger partial charge in [-0.25, -0.2) is 21.2 Å². The van der Waals surface area contributed by atoms with Gasteiger partial charge in [0.1, 0.15) is 16.5 Å². The third-order valence-electron chi connectivity index (χ3n) is 4.62. The van der Waals surface area contributed by atoms with E-state index in [1.807, 2.05) is 0 Å². The van der Waals surface area contributed by atoms with Gasteiger partial charge in [0.2, 0.25) is 0 Å². The highest BCUT2D eigenvalue weighted by atomic mass is 35.5. The van der Waals surface area contributed by atoms with Gasteiger partial charge in [0, 0.05) is 42.3 Å². The molecule has 0 saturated carbocycles. The van der Waals surface area contributed by atoms with Crippen molar-refractivity contribution in [1.29, 1.82) is 0 Å². The van der Waals surface area contributed by atoms with Crippen LogP contribution in [0.25, 0.3) is 10.9 Å². The summed E-state index contributed by atoms with van der Waals surface area (Å²) >= 11 is 0. The van der Waals surface area contributed by atoms with Crippen molar-refractivity contribution >= 4 is 44.7 Å². The first-order chi connectivity index (χ1) is 14.4. The van der Waals surface area contributed by atoms with E-state index in [1.54, 1.807) is 37.5 Å². The Balaban J connectivity index is 0.00000272. The van der Waals surface area contributed by atoms with Crippen molar-refractivity contribution in [3.8, 4) is 0 Å². The number of anilines is 2. The topological polar surface area (TPSA) is 76.0 Å². The fraction of sp³-hybridized carbons (Fsp3) is 0.0952. The monoisotopic (exact) mass is 464 g/mol. The number of hydrogen-bond acceptors (Lipinski definition) is 5. The maximum absolute atomic E-state index is 14.0. The number of nitrogens with zero attached hydrogens (tertiary/aromatic N) is 2. The number of rotatable bonds is 6. The minimum absolute atomic E-state index is 0. The molecular weight excluding hydrogens is 446 g/mol. The predicted octanol–water partition coefficient (Wildman–Crippen LogP) is 4.44. The molecule has 0 saturated heterocycles. The number of halogens is 3. The average Bonchev–Trinajstić information content (AvgIpc) is 3.10. The van der Waals surface area contributed by atoms with Crippen LogP contribution in [0.5, 0.6) is 0 Å². The van der Waals surface area contributed by atoms with Crippen molar-refractivity contribution in [1.82, 2.24) is 14.3 Å². The van der Waals surface area contributed by atoms with Crippen LogP contribution in [0.2, 0.25) is 0 Å². The summed E-state index contributed by atoms with van der Waals surface area (Å²) in [5.41, 5.74) is 1.76. The molecule has 0 aliphatic rings. The van der Waals surface area contributed by atoms with Crippen molar-refractivity contribution in [3.05, 3.63) is 84.3 Å². The van der Waals surface area contributed by atoms with Gasteiger partial charge in [-0.3, -0.25) is 4.98 Å². The lowest BCUT2D eigenvalue weighted by Gasteiger charge is -2.10. The second-order valence-electron chi connectivity index (χ2n) is 6.66. The highest BCUT2D eigenvalue weighted by Crippen LogP contribution is 2.30. The maximum atomic E-state index is 14.0. The van der Waals surface area contributed by atoms with Gasteiger partial charge in [-0.1, -0.05) is 6.07 Å². The van der Waals surface area contributed by atoms with E-state index in [4.69, 9.17) is 0 Å². The van der Waals surface area contributed by atoms with E-state index in [9.17, 15) is 17.2 Å². The molecule has 2 heterocycles. The number of pyridine rings is 1. The SMILES string of the molecule is CNCc1cn(S(=O)(=O)c2cccnc2)c2cc(Nc3ccc(F)cc3F)ccc12.Cl. The Morgan fingerprint density at radius 2 is 1.90 bits per heavy atom. The van der Waals surface area contributed by atoms with Gasteiger partial charge in [0.25, 0.3) is 10.0 Å². The molecule has 2 N–H and O–H groups in total. The standard InChI is InChI=1S/C21H18F2N4O2S.ClH/c1-24-11-14-13-27(30(28,29)17-3-2-8-25-12-17)21-10-16(5-6-18(14)21)26-20-7-4-15(22)9-19(20)23;/h2-10,12-13,24,26H,11H2,1H3;1H. The van der Waals surface area contributed by atoms with Crippen LogP contribution in [0.15, 0.2) is 72.0 Å². The van der Waals surface area contributed by atoms with Crippen molar-refractivity contribution in [2.75, 3.05) is 12.4 Å². The van der Waals surface area contributed by atoms with Crippen LogP contribution in [0.3, 0.4) is 0 Å². The summed E-state index contributed by atoms with van der Waals surface area (Å²) in [6, 6.07) is 11.3. The Morgan fingerprint density at radius 1 is 1.10 bits per heavy atom. The number of nitrogens with one attached hydrogen (secondary N) is 2. The fourth-order valence-electron chi connectivity index (χ4n) is 3.23. The lowest BCUT2D eigenvalue weighted by atomic mass is 10.1. The Morgan fingerprint density at radius 3 is 2.58 bits per heavy atom. The van der Waals surface area contributed by atoms with Gasteiger partial charge in [-0.05, 0) is 49.0 Å². The zero-order valence-electron chi connectivity index (χ0n) is 16.3. The molecule has 6 nitrogen and oxygen atoms in total. The van der Waals surface area contributed by atoms with E-state index in [0.717, 1.165) is 23.1 Å². The minimum Gasteiger partial charge on any atom is -0.353 e. The fourth-order valence-corrected chi connectivity index (χ4v) is 4.58. The van der Waals surface area contributed by atoms with Crippen molar-refractivity contribution in [2.45, 2.75) is 11.4 Å². The average molecular weight is 465 g/mol. The Kier molecular flexibility index (Phi) is 6.59. The lowest BCUT2D eigenvalue weighted by molar-refractivity contribution is 0.585. The molecule has 0 spiro atoms. The number of benzene rings is 2. The Hall–Kier alpha value is -3.01. The molecular formula is C21H19ClF2N4O2S. The van der Waals surface area contributed by atoms with E-state index in [1.165, 1.54) is 28.5 Å². The smallest absolute Gasteiger partial charge is 0.269 e. The molecule has 0 amide bonds. The van der Waals surface area contributed by atoms with Crippen molar-refractivity contribution < 1.29 is 17.2 Å². The van der Waals surface area contributed by atoms with Crippen LogP contribution in [-0.2, 0) is 16.6 Å². The number of aromatic nitrogens is 2. The summed E-state index contributed by atoms with van der Waals surface area (Å²) < 4.78 is 54.8. The van der Waals surface area contributed by atoms with Gasteiger partial charge < -0.3 is 10.6 Å². The van der Waals surface area contributed by atoms with Gasteiger partial charge >= 0.3 is 0 Å². The normalized spacial score (nSPS) is 11.3. The summed E-state index contributed by atoms with van der Waals surface area (Å²) in [4.78, 5) is 3.96. The van der Waals surface area contributed by atoms with Gasteiger partial charge in [0.15, 0.2) is 0 Å². The molecule has 10 heteroatoms.